The van der Waals surface area contributed by atoms with Crippen LogP contribution in [0.15, 0.2) is 24.3 Å². The van der Waals surface area contributed by atoms with Crippen molar-refractivity contribution in [2.75, 3.05) is 45.2 Å². The van der Waals surface area contributed by atoms with E-state index in [1.54, 1.807) is 29.2 Å². The predicted octanol–water partition coefficient (Wildman–Crippen LogP) is 0.627. The van der Waals surface area contributed by atoms with Crippen LogP contribution in [0.3, 0.4) is 0 Å². The molecule has 0 radical (unpaired) electrons. The van der Waals surface area contributed by atoms with Gasteiger partial charge in [-0.25, -0.2) is 8.42 Å². The minimum absolute atomic E-state index is 0.0112. The Kier molecular flexibility index (Phi) is 6.77. The van der Waals surface area contributed by atoms with Crippen molar-refractivity contribution in [2.45, 2.75) is 19.4 Å². The fourth-order valence-corrected chi connectivity index (χ4v) is 4.77. The fraction of sp³-hybridized carbons (Fsp3) is 0.556. The smallest absolute Gasteiger partial charge is 0.254 e. The number of nitrogens with zero attached hydrogens (tertiary/aromatic N) is 2. The van der Waals surface area contributed by atoms with Crippen LogP contribution in [0.1, 0.15) is 34.1 Å². The van der Waals surface area contributed by atoms with Crippen LogP contribution in [-0.4, -0.2) is 81.3 Å². The number of carbonyl (C=O) groups excluding carboxylic acids is 2. The highest BCUT2D eigenvalue weighted by Gasteiger charge is 2.34. The molecular formula is C18H27N3O4S. The first-order valence-corrected chi connectivity index (χ1v) is 10.6. The third-order valence-electron chi connectivity index (χ3n) is 4.47. The molecule has 1 unspecified atom stereocenters. The molecule has 8 heteroatoms. The maximum absolute atomic E-state index is 12.8. The molecule has 1 N–H and O–H groups in total. The Balaban J connectivity index is 2.10. The number of likely N-dealkylation sites (N-methyl/N-ethyl adjacent to an activating group) is 1. The first-order chi connectivity index (χ1) is 12.2. The first kappa shape index (κ1) is 20.4. The lowest BCUT2D eigenvalue weighted by Gasteiger charge is -2.27. The van der Waals surface area contributed by atoms with E-state index in [2.05, 4.69) is 5.32 Å². The summed E-state index contributed by atoms with van der Waals surface area (Å²) in [5, 5.41) is 2.82. The molecule has 144 valence electrons. The monoisotopic (exact) mass is 381 g/mol. The SMILES string of the molecule is CCN(C(=O)c1cccc(C(=O)NCCN(C)C)c1)C1CCS(=O)(=O)C1. The molecule has 0 bridgehead atoms. The Morgan fingerprint density at radius 3 is 2.50 bits per heavy atom. The zero-order valence-electron chi connectivity index (χ0n) is 15.6. The highest BCUT2D eigenvalue weighted by Crippen LogP contribution is 2.20. The second-order valence-electron chi connectivity index (χ2n) is 6.79. The van der Waals surface area contributed by atoms with E-state index in [9.17, 15) is 18.0 Å². The Labute approximate surface area is 155 Å². The third kappa shape index (κ3) is 5.28. The Morgan fingerprint density at radius 2 is 1.92 bits per heavy atom. The van der Waals surface area contributed by atoms with Crippen molar-refractivity contribution >= 4 is 21.7 Å². The summed E-state index contributed by atoms with van der Waals surface area (Å²) in [6.07, 6.45) is 0.465. The van der Waals surface area contributed by atoms with Gasteiger partial charge in [0.2, 0.25) is 0 Å². The van der Waals surface area contributed by atoms with Crippen molar-refractivity contribution in [3.63, 3.8) is 0 Å². The van der Waals surface area contributed by atoms with Gasteiger partial charge in [-0.3, -0.25) is 9.59 Å². The summed E-state index contributed by atoms with van der Waals surface area (Å²) < 4.78 is 23.4. The van der Waals surface area contributed by atoms with Crippen LogP contribution in [-0.2, 0) is 9.84 Å². The largest absolute Gasteiger partial charge is 0.351 e. The third-order valence-corrected chi connectivity index (χ3v) is 6.22. The van der Waals surface area contributed by atoms with Crippen LogP contribution < -0.4 is 5.32 Å². The van der Waals surface area contributed by atoms with Crippen molar-refractivity contribution in [3.05, 3.63) is 35.4 Å². The van der Waals surface area contributed by atoms with Gasteiger partial charge in [0.1, 0.15) is 0 Å². The molecule has 2 rings (SSSR count). The van der Waals surface area contributed by atoms with Gasteiger partial charge in [0.15, 0.2) is 9.84 Å². The maximum Gasteiger partial charge on any atom is 0.254 e. The van der Waals surface area contributed by atoms with Crippen LogP contribution in [0.4, 0.5) is 0 Å². The van der Waals surface area contributed by atoms with Gasteiger partial charge in [0.25, 0.3) is 11.8 Å². The van der Waals surface area contributed by atoms with E-state index in [0.717, 1.165) is 6.54 Å². The van der Waals surface area contributed by atoms with Crippen molar-refractivity contribution in [1.82, 2.24) is 15.1 Å². The average Bonchev–Trinajstić information content (AvgIpc) is 2.94. The minimum Gasteiger partial charge on any atom is -0.351 e. The van der Waals surface area contributed by atoms with Crippen molar-refractivity contribution in [3.8, 4) is 0 Å². The van der Waals surface area contributed by atoms with E-state index >= 15 is 0 Å². The number of hydrogen-bond acceptors (Lipinski definition) is 5. The van der Waals surface area contributed by atoms with Crippen molar-refractivity contribution in [1.29, 1.82) is 0 Å². The van der Waals surface area contributed by atoms with E-state index in [1.165, 1.54) is 0 Å². The summed E-state index contributed by atoms with van der Waals surface area (Å²) in [7, 11) is 0.782. The Bertz CT molecular complexity index is 761. The number of rotatable bonds is 7. The summed E-state index contributed by atoms with van der Waals surface area (Å²) in [6, 6.07) is 6.27. The molecular weight excluding hydrogens is 354 g/mol. The van der Waals surface area contributed by atoms with E-state index in [-0.39, 0.29) is 29.4 Å². The van der Waals surface area contributed by atoms with Crippen LogP contribution in [0.25, 0.3) is 0 Å². The molecule has 1 aromatic rings. The minimum atomic E-state index is -3.07. The lowest BCUT2D eigenvalue weighted by atomic mass is 10.1. The summed E-state index contributed by atoms with van der Waals surface area (Å²) in [5.74, 6) is -0.335. The van der Waals surface area contributed by atoms with Gasteiger partial charge in [-0.2, -0.15) is 0 Å². The molecule has 0 aliphatic carbocycles. The number of hydrogen-bond donors (Lipinski definition) is 1. The van der Waals surface area contributed by atoms with Gasteiger partial charge in [0, 0.05) is 36.8 Å². The molecule has 26 heavy (non-hydrogen) atoms. The van der Waals surface area contributed by atoms with Crippen LogP contribution in [0, 0.1) is 0 Å². The van der Waals surface area contributed by atoms with Gasteiger partial charge >= 0.3 is 0 Å². The quantitative estimate of drug-likeness (QED) is 0.749. The van der Waals surface area contributed by atoms with Crippen LogP contribution in [0.2, 0.25) is 0 Å². The van der Waals surface area contributed by atoms with E-state index in [4.69, 9.17) is 0 Å². The van der Waals surface area contributed by atoms with Gasteiger partial charge in [-0.1, -0.05) is 6.07 Å². The van der Waals surface area contributed by atoms with Gasteiger partial charge in [-0.05, 0) is 45.6 Å². The highest BCUT2D eigenvalue weighted by atomic mass is 32.2. The van der Waals surface area contributed by atoms with E-state index < -0.39 is 9.84 Å². The summed E-state index contributed by atoms with van der Waals surface area (Å²) in [5.41, 5.74) is 0.820. The second-order valence-corrected chi connectivity index (χ2v) is 9.02. The zero-order valence-corrected chi connectivity index (χ0v) is 16.4. The summed E-state index contributed by atoms with van der Waals surface area (Å²) in [6.45, 7) is 3.51. The standard InChI is InChI=1S/C18H27N3O4S/c1-4-21(16-8-11-26(24,25)13-16)18(23)15-7-5-6-14(12-15)17(22)19-9-10-20(2)3/h5-7,12,16H,4,8-11,13H2,1-3H3,(H,19,22). The molecule has 0 saturated carbocycles. The molecule has 2 amide bonds. The molecule has 7 nitrogen and oxygen atoms in total. The molecule has 1 fully saturated rings. The molecule has 1 aromatic carbocycles. The van der Waals surface area contributed by atoms with Gasteiger partial charge in [-0.15, -0.1) is 0 Å². The number of carbonyl (C=O) groups is 2. The number of benzene rings is 1. The molecule has 1 aliphatic heterocycles. The number of sulfone groups is 1. The van der Waals surface area contributed by atoms with Crippen molar-refractivity contribution in [2.24, 2.45) is 0 Å². The normalized spacial score (nSPS) is 18.7. The lowest BCUT2D eigenvalue weighted by Crippen LogP contribution is -2.41. The second kappa shape index (κ2) is 8.64. The highest BCUT2D eigenvalue weighted by molar-refractivity contribution is 7.91. The molecule has 1 aliphatic rings. The summed E-state index contributed by atoms with van der Waals surface area (Å²) in [4.78, 5) is 28.7. The van der Waals surface area contributed by atoms with E-state index in [0.29, 0.717) is 30.6 Å². The topological polar surface area (TPSA) is 86.8 Å². The number of amides is 2. The summed E-state index contributed by atoms with van der Waals surface area (Å²) >= 11 is 0. The zero-order chi connectivity index (χ0) is 19.3. The van der Waals surface area contributed by atoms with Crippen LogP contribution >= 0.6 is 0 Å². The first-order valence-electron chi connectivity index (χ1n) is 8.78. The average molecular weight is 381 g/mol. The molecule has 1 atom stereocenters. The van der Waals surface area contributed by atoms with Gasteiger partial charge in [0.05, 0.1) is 11.5 Å². The molecule has 0 aromatic heterocycles. The Morgan fingerprint density at radius 1 is 1.23 bits per heavy atom. The molecule has 0 spiro atoms. The lowest BCUT2D eigenvalue weighted by molar-refractivity contribution is 0.0708. The number of nitrogens with one attached hydrogen (secondary N) is 1. The maximum atomic E-state index is 12.8. The predicted molar refractivity (Wildman–Crippen MR) is 101 cm³/mol. The molecule has 1 heterocycles. The van der Waals surface area contributed by atoms with E-state index in [1.807, 2.05) is 25.9 Å². The van der Waals surface area contributed by atoms with Crippen LogP contribution in [0.5, 0.6) is 0 Å². The molecule has 1 saturated heterocycles. The fourth-order valence-electron chi connectivity index (χ4n) is 3.04. The Hall–Kier alpha value is -1.93. The van der Waals surface area contributed by atoms with Gasteiger partial charge < -0.3 is 15.1 Å². The van der Waals surface area contributed by atoms with Crippen molar-refractivity contribution < 1.29 is 18.0 Å².